The third-order valence-electron chi connectivity index (χ3n) is 3.50. The monoisotopic (exact) mass is 304 g/mol. The number of aliphatic hydroxyl groups excluding tert-OH is 2. The summed E-state index contributed by atoms with van der Waals surface area (Å²) in [5.74, 6) is 0.151. The second kappa shape index (κ2) is 7.24. The summed E-state index contributed by atoms with van der Waals surface area (Å²) in [7, 11) is 1.58. The highest BCUT2D eigenvalue weighted by molar-refractivity contribution is 5.91. The summed E-state index contributed by atoms with van der Waals surface area (Å²) in [6.45, 7) is 1.94. The van der Waals surface area contributed by atoms with Crippen LogP contribution in [0.3, 0.4) is 0 Å². The third-order valence-corrected chi connectivity index (χ3v) is 3.50. The van der Waals surface area contributed by atoms with Gasteiger partial charge in [0.2, 0.25) is 0 Å². The van der Waals surface area contributed by atoms with Crippen molar-refractivity contribution in [3.05, 3.63) is 42.0 Å². The summed E-state index contributed by atoms with van der Waals surface area (Å²) in [6, 6.07) is 10.9. The van der Waals surface area contributed by atoms with Gasteiger partial charge in [-0.3, -0.25) is 4.79 Å². The van der Waals surface area contributed by atoms with Crippen LogP contribution in [-0.4, -0.2) is 36.0 Å². The van der Waals surface area contributed by atoms with E-state index in [2.05, 4.69) is 0 Å². The number of hydrogen-bond donors (Lipinski definition) is 2. The maximum Gasteiger partial charge on any atom is 0.308 e. The molecule has 0 fully saturated rings. The summed E-state index contributed by atoms with van der Waals surface area (Å²) in [5, 5.41) is 22.1. The van der Waals surface area contributed by atoms with Crippen molar-refractivity contribution in [3.63, 3.8) is 0 Å². The molecule has 5 heteroatoms. The lowest BCUT2D eigenvalue weighted by Gasteiger charge is -2.20. The van der Waals surface area contributed by atoms with E-state index >= 15 is 0 Å². The van der Waals surface area contributed by atoms with Gasteiger partial charge in [-0.25, -0.2) is 0 Å². The average molecular weight is 304 g/mol. The first-order chi connectivity index (χ1) is 10.6. The van der Waals surface area contributed by atoms with E-state index in [1.54, 1.807) is 26.2 Å². The Hall–Kier alpha value is -2.11. The van der Waals surface area contributed by atoms with E-state index in [1.807, 2.05) is 24.3 Å². The number of hydrogen-bond acceptors (Lipinski definition) is 5. The van der Waals surface area contributed by atoms with Crippen molar-refractivity contribution in [3.8, 4) is 5.75 Å². The van der Waals surface area contributed by atoms with Crippen LogP contribution in [0.25, 0.3) is 10.8 Å². The van der Waals surface area contributed by atoms with Crippen molar-refractivity contribution < 1.29 is 24.5 Å². The fourth-order valence-electron chi connectivity index (χ4n) is 2.44. The van der Waals surface area contributed by atoms with Gasteiger partial charge < -0.3 is 19.7 Å². The number of rotatable bonds is 6. The Balaban J connectivity index is 2.32. The van der Waals surface area contributed by atoms with E-state index in [9.17, 15) is 15.0 Å². The second-order valence-corrected chi connectivity index (χ2v) is 4.92. The number of methoxy groups -OCH3 is 1. The molecule has 2 N–H and O–H groups in total. The van der Waals surface area contributed by atoms with Crippen molar-refractivity contribution in [1.82, 2.24) is 0 Å². The molecule has 0 bridgehead atoms. The number of ether oxygens (including phenoxy) is 2. The zero-order chi connectivity index (χ0) is 16.1. The van der Waals surface area contributed by atoms with Crippen LogP contribution in [0.5, 0.6) is 5.75 Å². The van der Waals surface area contributed by atoms with Crippen LogP contribution in [0.2, 0.25) is 0 Å². The molecular formula is C17H20O5. The topological polar surface area (TPSA) is 76.0 Å². The molecule has 2 atom stereocenters. The highest BCUT2D eigenvalue weighted by Crippen LogP contribution is 2.33. The number of carbonyl (C=O) groups is 1. The first-order valence-electron chi connectivity index (χ1n) is 7.15. The molecule has 0 aliphatic carbocycles. The number of fused-ring (bicyclic) bond motifs is 1. The molecule has 2 aromatic carbocycles. The Morgan fingerprint density at radius 1 is 1.14 bits per heavy atom. The Morgan fingerprint density at radius 3 is 2.45 bits per heavy atom. The van der Waals surface area contributed by atoms with E-state index in [0.717, 1.165) is 10.8 Å². The SMILES string of the molecule is CCOC(=O)CC(O)C(O)c1ccc(OC)c2ccccc12. The van der Waals surface area contributed by atoms with E-state index in [4.69, 9.17) is 9.47 Å². The molecule has 0 aromatic heterocycles. The molecule has 2 unspecified atom stereocenters. The average Bonchev–Trinajstić information content (AvgIpc) is 2.53. The van der Waals surface area contributed by atoms with Gasteiger partial charge in [-0.05, 0) is 23.9 Å². The summed E-state index contributed by atoms with van der Waals surface area (Å²) in [6.07, 6.45) is -2.66. The van der Waals surface area contributed by atoms with E-state index in [0.29, 0.717) is 11.3 Å². The summed E-state index contributed by atoms with van der Waals surface area (Å²) < 4.78 is 10.1. The maximum atomic E-state index is 11.4. The molecule has 0 aliphatic rings. The molecule has 0 spiro atoms. The van der Waals surface area contributed by atoms with Gasteiger partial charge in [-0.1, -0.05) is 30.3 Å². The molecule has 0 radical (unpaired) electrons. The van der Waals surface area contributed by atoms with Crippen LogP contribution in [0.15, 0.2) is 36.4 Å². The fraction of sp³-hybridized carbons (Fsp3) is 0.353. The molecule has 0 saturated heterocycles. The van der Waals surface area contributed by atoms with Crippen LogP contribution in [0.1, 0.15) is 25.0 Å². The lowest BCUT2D eigenvalue weighted by molar-refractivity contribution is -0.147. The first kappa shape index (κ1) is 16.3. The number of aliphatic hydroxyl groups is 2. The predicted octanol–water partition coefficient (Wildman–Crippen LogP) is 2.20. The predicted molar refractivity (Wildman–Crippen MR) is 82.7 cm³/mol. The van der Waals surface area contributed by atoms with Gasteiger partial charge >= 0.3 is 5.97 Å². The zero-order valence-electron chi connectivity index (χ0n) is 12.7. The first-order valence-corrected chi connectivity index (χ1v) is 7.15. The largest absolute Gasteiger partial charge is 0.496 e. The Bertz CT molecular complexity index is 653. The second-order valence-electron chi connectivity index (χ2n) is 4.92. The zero-order valence-corrected chi connectivity index (χ0v) is 12.7. The quantitative estimate of drug-likeness (QED) is 0.800. The van der Waals surface area contributed by atoms with Gasteiger partial charge in [0.25, 0.3) is 0 Å². The molecule has 0 aliphatic heterocycles. The molecular weight excluding hydrogens is 284 g/mol. The van der Waals surface area contributed by atoms with Crippen molar-refractivity contribution in [2.24, 2.45) is 0 Å². The molecule has 118 valence electrons. The molecule has 22 heavy (non-hydrogen) atoms. The lowest BCUT2D eigenvalue weighted by atomic mass is 9.95. The standard InChI is InChI=1S/C17H20O5/c1-3-22-16(19)10-14(18)17(20)13-8-9-15(21-2)12-7-5-4-6-11(12)13/h4-9,14,17-18,20H,3,10H2,1-2H3. The van der Waals surface area contributed by atoms with Crippen molar-refractivity contribution >= 4 is 16.7 Å². The molecule has 0 amide bonds. The van der Waals surface area contributed by atoms with Gasteiger partial charge in [0.1, 0.15) is 11.9 Å². The summed E-state index contributed by atoms with van der Waals surface area (Å²) in [5.41, 5.74) is 0.549. The third kappa shape index (κ3) is 3.37. The molecule has 0 heterocycles. The highest BCUT2D eigenvalue weighted by Gasteiger charge is 2.24. The van der Waals surface area contributed by atoms with Crippen LogP contribution in [0.4, 0.5) is 0 Å². The van der Waals surface area contributed by atoms with Gasteiger partial charge in [-0.15, -0.1) is 0 Å². The minimum absolute atomic E-state index is 0.243. The summed E-state index contributed by atoms with van der Waals surface area (Å²) >= 11 is 0. The minimum atomic E-state index is -1.23. The van der Waals surface area contributed by atoms with Gasteiger partial charge in [0.05, 0.1) is 26.2 Å². The molecule has 2 rings (SSSR count). The van der Waals surface area contributed by atoms with E-state index in [-0.39, 0.29) is 13.0 Å². The maximum absolute atomic E-state index is 11.4. The number of benzene rings is 2. The normalized spacial score (nSPS) is 13.6. The molecule has 0 saturated carbocycles. The number of carbonyl (C=O) groups excluding carboxylic acids is 1. The fourth-order valence-corrected chi connectivity index (χ4v) is 2.44. The van der Waals surface area contributed by atoms with E-state index in [1.165, 1.54) is 0 Å². The van der Waals surface area contributed by atoms with Crippen LogP contribution >= 0.6 is 0 Å². The van der Waals surface area contributed by atoms with Gasteiger partial charge in [-0.2, -0.15) is 0 Å². The highest BCUT2D eigenvalue weighted by atomic mass is 16.5. The smallest absolute Gasteiger partial charge is 0.308 e. The van der Waals surface area contributed by atoms with Gasteiger partial charge in [0, 0.05) is 5.39 Å². The van der Waals surface area contributed by atoms with Crippen molar-refractivity contribution in [1.29, 1.82) is 0 Å². The van der Waals surface area contributed by atoms with Gasteiger partial charge in [0.15, 0.2) is 0 Å². The minimum Gasteiger partial charge on any atom is -0.496 e. The van der Waals surface area contributed by atoms with Crippen LogP contribution in [-0.2, 0) is 9.53 Å². The van der Waals surface area contributed by atoms with Crippen LogP contribution in [0, 0.1) is 0 Å². The number of esters is 1. The summed E-state index contributed by atoms with van der Waals surface area (Å²) in [4.78, 5) is 11.4. The van der Waals surface area contributed by atoms with Crippen LogP contribution < -0.4 is 4.74 Å². The molecule has 2 aromatic rings. The lowest BCUT2D eigenvalue weighted by Crippen LogP contribution is -2.23. The van der Waals surface area contributed by atoms with Crippen molar-refractivity contribution in [2.75, 3.05) is 13.7 Å². The Kier molecular flexibility index (Phi) is 5.35. The van der Waals surface area contributed by atoms with Crippen molar-refractivity contribution in [2.45, 2.75) is 25.6 Å². The molecule has 5 nitrogen and oxygen atoms in total. The Morgan fingerprint density at radius 2 is 1.82 bits per heavy atom. The van der Waals surface area contributed by atoms with E-state index < -0.39 is 18.2 Å². The Labute approximate surface area is 129 Å².